The Bertz CT molecular complexity index is 372. The molecule has 1 N–H and O–H groups in total. The highest BCUT2D eigenvalue weighted by Crippen LogP contribution is 2.19. The summed E-state index contributed by atoms with van der Waals surface area (Å²) in [6.45, 7) is 5.70. The van der Waals surface area contributed by atoms with Crippen LogP contribution < -0.4 is 5.32 Å². The van der Waals surface area contributed by atoms with Crippen LogP contribution in [0.4, 0.5) is 5.82 Å². The molecule has 0 radical (unpaired) electrons. The Morgan fingerprint density at radius 3 is 2.84 bits per heavy atom. The molecule has 0 bridgehead atoms. The first kappa shape index (κ1) is 14.3. The van der Waals surface area contributed by atoms with Crippen molar-refractivity contribution in [1.29, 1.82) is 0 Å². The van der Waals surface area contributed by atoms with Gasteiger partial charge in [0.25, 0.3) is 0 Å². The molecule has 0 unspecified atom stereocenters. The van der Waals surface area contributed by atoms with E-state index in [1.165, 1.54) is 32.4 Å². The molecule has 0 spiro atoms. The second kappa shape index (κ2) is 7.43. The molecule has 19 heavy (non-hydrogen) atoms. The van der Waals surface area contributed by atoms with E-state index in [0.29, 0.717) is 0 Å². The first-order chi connectivity index (χ1) is 9.28. The van der Waals surface area contributed by atoms with Crippen LogP contribution in [0.3, 0.4) is 0 Å². The van der Waals surface area contributed by atoms with Crippen molar-refractivity contribution in [3.63, 3.8) is 0 Å². The number of likely N-dealkylation sites (tertiary alicyclic amines) is 1. The maximum absolute atomic E-state index is 4.29. The SMILES string of the molecule is CCCc1cc(NCCC2CCN(C)CC2)ncn1. The molecule has 0 aromatic carbocycles. The third kappa shape index (κ3) is 4.78. The number of hydrogen-bond acceptors (Lipinski definition) is 4. The minimum absolute atomic E-state index is 0.876. The molecule has 1 fully saturated rings. The number of rotatable bonds is 6. The van der Waals surface area contributed by atoms with Gasteiger partial charge in [0.2, 0.25) is 0 Å². The van der Waals surface area contributed by atoms with E-state index in [1.54, 1.807) is 6.33 Å². The van der Waals surface area contributed by atoms with Crippen LogP contribution in [-0.4, -0.2) is 41.5 Å². The van der Waals surface area contributed by atoms with Gasteiger partial charge in [-0.1, -0.05) is 13.3 Å². The van der Waals surface area contributed by atoms with Crippen LogP contribution in [0.25, 0.3) is 0 Å². The Kier molecular flexibility index (Phi) is 5.58. The number of aryl methyl sites for hydroxylation is 1. The molecular formula is C15H26N4. The Balaban J connectivity index is 1.71. The fraction of sp³-hybridized carbons (Fsp3) is 0.733. The predicted molar refractivity (Wildman–Crippen MR) is 79.4 cm³/mol. The van der Waals surface area contributed by atoms with Crippen LogP contribution in [0.1, 0.15) is 38.3 Å². The van der Waals surface area contributed by atoms with Crippen molar-refractivity contribution in [3.05, 3.63) is 18.1 Å². The molecule has 4 nitrogen and oxygen atoms in total. The van der Waals surface area contributed by atoms with Gasteiger partial charge in [-0.15, -0.1) is 0 Å². The van der Waals surface area contributed by atoms with E-state index in [9.17, 15) is 0 Å². The molecule has 1 saturated heterocycles. The molecule has 1 aromatic heterocycles. The second-order valence-corrected chi connectivity index (χ2v) is 5.61. The molecular weight excluding hydrogens is 236 g/mol. The van der Waals surface area contributed by atoms with Gasteiger partial charge < -0.3 is 10.2 Å². The van der Waals surface area contributed by atoms with Gasteiger partial charge in [-0.3, -0.25) is 0 Å². The van der Waals surface area contributed by atoms with Gasteiger partial charge in [0.05, 0.1) is 0 Å². The zero-order chi connectivity index (χ0) is 13.5. The lowest BCUT2D eigenvalue weighted by Crippen LogP contribution is -2.30. The zero-order valence-corrected chi connectivity index (χ0v) is 12.2. The number of piperidine rings is 1. The molecule has 4 heteroatoms. The summed E-state index contributed by atoms with van der Waals surface area (Å²) in [7, 11) is 2.21. The Morgan fingerprint density at radius 1 is 1.32 bits per heavy atom. The molecule has 106 valence electrons. The highest BCUT2D eigenvalue weighted by atomic mass is 15.1. The maximum Gasteiger partial charge on any atom is 0.129 e. The lowest BCUT2D eigenvalue weighted by atomic mass is 9.94. The molecule has 2 rings (SSSR count). The Labute approximate surface area is 116 Å². The first-order valence-electron chi connectivity index (χ1n) is 7.51. The van der Waals surface area contributed by atoms with Gasteiger partial charge in [0.15, 0.2) is 0 Å². The number of nitrogens with one attached hydrogen (secondary N) is 1. The highest BCUT2D eigenvalue weighted by molar-refractivity contribution is 5.34. The third-order valence-corrected chi connectivity index (χ3v) is 3.93. The number of hydrogen-bond donors (Lipinski definition) is 1. The normalized spacial score (nSPS) is 17.6. The number of nitrogens with zero attached hydrogens (tertiary/aromatic N) is 3. The molecule has 0 atom stereocenters. The monoisotopic (exact) mass is 262 g/mol. The molecule has 1 aliphatic heterocycles. The maximum atomic E-state index is 4.29. The largest absolute Gasteiger partial charge is 0.370 e. The fourth-order valence-electron chi connectivity index (χ4n) is 2.64. The average Bonchev–Trinajstić information content (AvgIpc) is 2.42. The minimum Gasteiger partial charge on any atom is -0.370 e. The third-order valence-electron chi connectivity index (χ3n) is 3.93. The van der Waals surface area contributed by atoms with Crippen molar-refractivity contribution in [2.24, 2.45) is 5.92 Å². The smallest absolute Gasteiger partial charge is 0.129 e. The van der Waals surface area contributed by atoms with E-state index in [2.05, 4.69) is 40.2 Å². The van der Waals surface area contributed by atoms with Crippen molar-refractivity contribution >= 4 is 5.82 Å². The summed E-state index contributed by atoms with van der Waals surface area (Å²) in [5.41, 5.74) is 1.14. The van der Waals surface area contributed by atoms with Crippen LogP contribution in [-0.2, 0) is 6.42 Å². The summed E-state index contributed by atoms with van der Waals surface area (Å²) in [4.78, 5) is 11.0. The standard InChI is InChI=1S/C15H26N4/c1-3-4-14-11-15(18-12-17-14)16-8-5-13-6-9-19(2)10-7-13/h11-13H,3-10H2,1-2H3,(H,16,17,18). The van der Waals surface area contributed by atoms with Crippen LogP contribution in [0.15, 0.2) is 12.4 Å². The van der Waals surface area contributed by atoms with E-state index in [4.69, 9.17) is 0 Å². The van der Waals surface area contributed by atoms with Gasteiger partial charge in [-0.05, 0) is 51.7 Å². The molecule has 1 aliphatic rings. The zero-order valence-electron chi connectivity index (χ0n) is 12.2. The van der Waals surface area contributed by atoms with Crippen LogP contribution in [0, 0.1) is 5.92 Å². The van der Waals surface area contributed by atoms with Crippen molar-refractivity contribution in [3.8, 4) is 0 Å². The molecule has 1 aromatic rings. The summed E-state index contributed by atoms with van der Waals surface area (Å²) in [6, 6.07) is 2.08. The van der Waals surface area contributed by atoms with E-state index in [1.807, 2.05) is 0 Å². The van der Waals surface area contributed by atoms with Crippen LogP contribution in [0.5, 0.6) is 0 Å². The molecule has 0 aliphatic carbocycles. The number of anilines is 1. The number of aromatic nitrogens is 2. The molecule has 0 saturated carbocycles. The molecule has 0 amide bonds. The Morgan fingerprint density at radius 2 is 2.11 bits per heavy atom. The van der Waals surface area contributed by atoms with Gasteiger partial charge in [-0.25, -0.2) is 9.97 Å². The predicted octanol–water partition coefficient (Wildman–Crippen LogP) is 2.57. The summed E-state index contributed by atoms with van der Waals surface area (Å²) in [5, 5.41) is 3.44. The van der Waals surface area contributed by atoms with Crippen LogP contribution in [0.2, 0.25) is 0 Å². The minimum atomic E-state index is 0.876. The van der Waals surface area contributed by atoms with Crippen molar-refractivity contribution < 1.29 is 0 Å². The van der Waals surface area contributed by atoms with E-state index >= 15 is 0 Å². The summed E-state index contributed by atoms with van der Waals surface area (Å²) in [6.07, 6.45) is 7.76. The summed E-state index contributed by atoms with van der Waals surface area (Å²) >= 11 is 0. The van der Waals surface area contributed by atoms with E-state index in [0.717, 1.165) is 36.8 Å². The lowest BCUT2D eigenvalue weighted by molar-refractivity contribution is 0.215. The second-order valence-electron chi connectivity index (χ2n) is 5.61. The first-order valence-corrected chi connectivity index (χ1v) is 7.51. The fourth-order valence-corrected chi connectivity index (χ4v) is 2.64. The van der Waals surface area contributed by atoms with E-state index in [-0.39, 0.29) is 0 Å². The summed E-state index contributed by atoms with van der Waals surface area (Å²) in [5.74, 6) is 1.85. The Hall–Kier alpha value is -1.16. The van der Waals surface area contributed by atoms with Crippen molar-refractivity contribution in [2.75, 3.05) is 32.0 Å². The van der Waals surface area contributed by atoms with E-state index < -0.39 is 0 Å². The van der Waals surface area contributed by atoms with Crippen molar-refractivity contribution in [1.82, 2.24) is 14.9 Å². The van der Waals surface area contributed by atoms with Crippen molar-refractivity contribution in [2.45, 2.75) is 39.0 Å². The lowest BCUT2D eigenvalue weighted by Gasteiger charge is -2.28. The average molecular weight is 262 g/mol. The van der Waals surface area contributed by atoms with Crippen LogP contribution >= 0.6 is 0 Å². The summed E-state index contributed by atoms with van der Waals surface area (Å²) < 4.78 is 0. The molecule has 2 heterocycles. The highest BCUT2D eigenvalue weighted by Gasteiger charge is 2.15. The topological polar surface area (TPSA) is 41.0 Å². The van der Waals surface area contributed by atoms with Gasteiger partial charge >= 0.3 is 0 Å². The van der Waals surface area contributed by atoms with Gasteiger partial charge in [0.1, 0.15) is 12.1 Å². The van der Waals surface area contributed by atoms with Gasteiger partial charge in [-0.2, -0.15) is 0 Å². The quantitative estimate of drug-likeness (QED) is 0.855. The van der Waals surface area contributed by atoms with Gasteiger partial charge in [0, 0.05) is 18.3 Å².